The molecule has 0 aliphatic rings. The van der Waals surface area contributed by atoms with Crippen LogP contribution in [0.25, 0.3) is 0 Å². The van der Waals surface area contributed by atoms with Crippen molar-refractivity contribution in [2.75, 3.05) is 0 Å². The van der Waals surface area contributed by atoms with E-state index in [0.29, 0.717) is 0 Å². The number of hydrogen-bond donors (Lipinski definition) is 0. The van der Waals surface area contributed by atoms with Gasteiger partial charge in [0, 0.05) is 12.1 Å². The Kier molecular flexibility index (Phi) is 7.07. The summed E-state index contributed by atoms with van der Waals surface area (Å²) in [6.07, 6.45) is 0. The molecule has 16 heavy (non-hydrogen) atoms. The third kappa shape index (κ3) is 5.54. The predicted octanol–water partition coefficient (Wildman–Crippen LogP) is 3.92. The van der Waals surface area contributed by atoms with E-state index >= 15 is 0 Å². The van der Waals surface area contributed by atoms with Crippen LogP contribution in [0.1, 0.15) is 7.43 Å². The van der Waals surface area contributed by atoms with Gasteiger partial charge in [-0.25, -0.2) is 0 Å². The van der Waals surface area contributed by atoms with Crippen LogP contribution < -0.4 is 0 Å². The molecule has 0 atom stereocenters. The third-order valence-corrected chi connectivity index (χ3v) is 1.63. The number of nitro groups is 1. The summed E-state index contributed by atoms with van der Waals surface area (Å²) in [4.78, 5) is 9.59. The molecule has 2 aromatic carbocycles. The second-order valence-electron chi connectivity index (χ2n) is 2.75. The molecule has 0 aliphatic carbocycles. The molecule has 2 aromatic rings. The van der Waals surface area contributed by atoms with Crippen molar-refractivity contribution in [2.24, 2.45) is 0 Å². The summed E-state index contributed by atoms with van der Waals surface area (Å²) in [6, 6.07) is 19.9. The molecule has 2 rings (SSSR count). The van der Waals surface area contributed by atoms with Crippen LogP contribution in [0.2, 0.25) is 0 Å². The zero-order valence-corrected chi connectivity index (χ0v) is 8.11. The van der Waals surface area contributed by atoms with E-state index < -0.39 is 4.92 Å². The molecule has 0 N–H and O–H groups in total. The molecule has 0 saturated heterocycles. The van der Waals surface area contributed by atoms with E-state index in [1.165, 1.54) is 12.1 Å². The van der Waals surface area contributed by atoms with E-state index in [1.807, 2.05) is 36.4 Å². The van der Waals surface area contributed by atoms with Crippen LogP contribution in [-0.4, -0.2) is 4.92 Å². The lowest BCUT2D eigenvalue weighted by Crippen LogP contribution is -1.84. The van der Waals surface area contributed by atoms with Gasteiger partial charge in [0.05, 0.1) is 4.92 Å². The number of benzene rings is 2. The number of rotatable bonds is 1. The summed E-state index contributed by atoms with van der Waals surface area (Å²) in [5, 5.41) is 10.0. The van der Waals surface area contributed by atoms with E-state index in [2.05, 4.69) is 0 Å². The molecule has 84 valence electrons. The Hall–Kier alpha value is -2.16. The normalized spacial score (nSPS) is 8.00. The summed E-state index contributed by atoms with van der Waals surface area (Å²) < 4.78 is 0. The van der Waals surface area contributed by atoms with Gasteiger partial charge >= 0.3 is 0 Å². The summed E-state index contributed by atoms with van der Waals surface area (Å²) in [7, 11) is 0. The minimum atomic E-state index is -0.417. The smallest absolute Gasteiger partial charge is 0.258 e. The molecule has 0 fully saturated rings. The van der Waals surface area contributed by atoms with Crippen molar-refractivity contribution in [3.63, 3.8) is 0 Å². The van der Waals surface area contributed by atoms with E-state index in [0.717, 1.165) is 0 Å². The van der Waals surface area contributed by atoms with Crippen LogP contribution >= 0.6 is 0 Å². The van der Waals surface area contributed by atoms with Crippen LogP contribution in [0.5, 0.6) is 0 Å². The van der Waals surface area contributed by atoms with Crippen molar-refractivity contribution in [2.45, 2.75) is 7.43 Å². The highest BCUT2D eigenvalue weighted by Crippen LogP contribution is 2.06. The van der Waals surface area contributed by atoms with Crippen molar-refractivity contribution >= 4 is 5.69 Å². The summed E-state index contributed by atoms with van der Waals surface area (Å²) in [6.45, 7) is 0. The lowest BCUT2D eigenvalue weighted by molar-refractivity contribution is -0.384. The second kappa shape index (κ2) is 8.17. The zero-order valence-electron chi connectivity index (χ0n) is 8.11. The predicted molar refractivity (Wildman–Crippen MR) is 66.3 cm³/mol. The molecule has 0 unspecified atom stereocenters. The Morgan fingerprint density at radius 1 is 0.750 bits per heavy atom. The lowest BCUT2D eigenvalue weighted by atomic mass is 10.3. The van der Waals surface area contributed by atoms with Crippen LogP contribution in [-0.2, 0) is 0 Å². The topological polar surface area (TPSA) is 43.1 Å². The average Bonchev–Trinajstić information content (AvgIpc) is 2.33. The van der Waals surface area contributed by atoms with E-state index in [1.54, 1.807) is 18.2 Å². The van der Waals surface area contributed by atoms with Gasteiger partial charge in [0.15, 0.2) is 0 Å². The fourth-order valence-corrected chi connectivity index (χ4v) is 0.935. The molecule has 0 saturated carbocycles. The van der Waals surface area contributed by atoms with Crippen LogP contribution in [0.3, 0.4) is 0 Å². The summed E-state index contributed by atoms with van der Waals surface area (Å²) in [5.41, 5.74) is 0.137. The summed E-state index contributed by atoms with van der Waals surface area (Å²) in [5.74, 6) is 0. The maximum atomic E-state index is 10.0. The molecule has 0 radical (unpaired) electrons. The number of para-hydroxylation sites is 1. The van der Waals surface area contributed by atoms with Crippen LogP contribution in [0.15, 0.2) is 66.7 Å². The van der Waals surface area contributed by atoms with Crippen LogP contribution in [0, 0.1) is 10.1 Å². The Morgan fingerprint density at radius 3 is 1.31 bits per heavy atom. The Morgan fingerprint density at radius 2 is 1.06 bits per heavy atom. The molecule has 0 spiro atoms. The van der Waals surface area contributed by atoms with E-state index in [-0.39, 0.29) is 13.1 Å². The number of non-ortho nitro benzene ring substituents is 1. The molecule has 0 aliphatic heterocycles. The van der Waals surface area contributed by atoms with Gasteiger partial charge in [-0.1, -0.05) is 62.0 Å². The standard InChI is InChI=1S/C6H5NO2.C6H6.CH4/c8-7(9)6-4-2-1-3-5-6;1-2-4-6-5-3-1;/h1-5H;1-6H;1H4. The van der Waals surface area contributed by atoms with Crippen molar-refractivity contribution in [3.8, 4) is 0 Å². The van der Waals surface area contributed by atoms with Gasteiger partial charge in [0.1, 0.15) is 0 Å². The van der Waals surface area contributed by atoms with Gasteiger partial charge in [-0.2, -0.15) is 0 Å². The SMILES string of the molecule is C.O=[N+]([O-])c1ccccc1.c1ccccc1. The van der Waals surface area contributed by atoms with Gasteiger partial charge in [-0.05, 0) is 0 Å². The lowest BCUT2D eigenvalue weighted by Gasteiger charge is -1.85. The summed E-state index contributed by atoms with van der Waals surface area (Å²) >= 11 is 0. The van der Waals surface area contributed by atoms with E-state index in [9.17, 15) is 10.1 Å². The molecule has 0 bridgehead atoms. The van der Waals surface area contributed by atoms with Gasteiger partial charge in [0.2, 0.25) is 0 Å². The van der Waals surface area contributed by atoms with Crippen LogP contribution in [0.4, 0.5) is 5.69 Å². The van der Waals surface area contributed by atoms with Crippen molar-refractivity contribution in [1.82, 2.24) is 0 Å². The highest BCUT2D eigenvalue weighted by molar-refractivity contribution is 5.27. The average molecular weight is 217 g/mol. The first-order chi connectivity index (χ1) is 7.30. The Labute approximate surface area is 95.5 Å². The van der Waals surface area contributed by atoms with Gasteiger partial charge in [-0.3, -0.25) is 10.1 Å². The minimum Gasteiger partial charge on any atom is -0.258 e. The fraction of sp³-hybridized carbons (Fsp3) is 0.0769. The largest absolute Gasteiger partial charge is 0.269 e. The molecular weight excluding hydrogens is 202 g/mol. The van der Waals surface area contributed by atoms with Gasteiger partial charge in [0.25, 0.3) is 5.69 Å². The molecule has 3 heteroatoms. The molecule has 0 aromatic heterocycles. The van der Waals surface area contributed by atoms with E-state index in [4.69, 9.17) is 0 Å². The number of nitro benzene ring substituents is 1. The molecule has 3 nitrogen and oxygen atoms in total. The van der Waals surface area contributed by atoms with Gasteiger partial charge < -0.3 is 0 Å². The molecular formula is C13H15NO2. The highest BCUT2D eigenvalue weighted by atomic mass is 16.6. The van der Waals surface area contributed by atoms with Crippen molar-refractivity contribution < 1.29 is 4.92 Å². The quantitative estimate of drug-likeness (QED) is 0.536. The highest BCUT2D eigenvalue weighted by Gasteiger charge is 1.98. The number of hydrogen-bond acceptors (Lipinski definition) is 2. The zero-order chi connectivity index (χ0) is 10.9. The first-order valence-electron chi connectivity index (χ1n) is 4.50. The maximum Gasteiger partial charge on any atom is 0.269 e. The van der Waals surface area contributed by atoms with Crippen molar-refractivity contribution in [3.05, 3.63) is 76.8 Å². The second-order valence-corrected chi connectivity index (χ2v) is 2.75. The Balaban J connectivity index is 0.000000283. The van der Waals surface area contributed by atoms with Crippen molar-refractivity contribution in [1.29, 1.82) is 0 Å². The van der Waals surface area contributed by atoms with Gasteiger partial charge in [-0.15, -0.1) is 0 Å². The minimum absolute atomic E-state index is 0. The molecule has 0 amide bonds. The maximum absolute atomic E-state index is 10.0. The first kappa shape index (κ1) is 13.8. The first-order valence-corrected chi connectivity index (χ1v) is 4.50. The monoisotopic (exact) mass is 217 g/mol. The molecule has 0 heterocycles. The number of nitrogens with zero attached hydrogens (tertiary/aromatic N) is 1. The third-order valence-electron chi connectivity index (χ3n) is 1.63. The fourth-order valence-electron chi connectivity index (χ4n) is 0.935. The Bertz CT molecular complexity index is 360.